The van der Waals surface area contributed by atoms with Gasteiger partial charge in [-0.05, 0) is 30.3 Å². The van der Waals surface area contributed by atoms with E-state index in [0.29, 0.717) is 16.5 Å². The van der Waals surface area contributed by atoms with Gasteiger partial charge in [0.25, 0.3) is 0 Å². The molecule has 0 unspecified atom stereocenters. The number of carbonyl (C=O) groups is 1. The Hall–Kier alpha value is -2.16. The van der Waals surface area contributed by atoms with E-state index in [9.17, 15) is 13.2 Å². The molecule has 28 heavy (non-hydrogen) atoms. The van der Waals surface area contributed by atoms with Gasteiger partial charge in [0.05, 0.1) is 30.6 Å². The summed E-state index contributed by atoms with van der Waals surface area (Å²) in [5.41, 5.74) is 0.138. The van der Waals surface area contributed by atoms with Crippen molar-refractivity contribution in [1.82, 2.24) is 5.32 Å². The number of hydrogen-bond acceptors (Lipinski definition) is 5. The molecule has 0 atom stereocenters. The summed E-state index contributed by atoms with van der Waals surface area (Å²) in [7, 11) is -2.19. The van der Waals surface area contributed by atoms with Gasteiger partial charge >= 0.3 is 0 Å². The summed E-state index contributed by atoms with van der Waals surface area (Å²) in [6.07, 6.45) is 0.989. The Morgan fingerprint density at radius 2 is 1.86 bits per heavy atom. The maximum atomic E-state index is 12.2. The molecule has 0 heterocycles. The zero-order chi connectivity index (χ0) is 20.7. The van der Waals surface area contributed by atoms with Crippen LogP contribution in [0.4, 0.5) is 5.69 Å². The van der Waals surface area contributed by atoms with Crippen molar-refractivity contribution >= 4 is 44.8 Å². The highest BCUT2D eigenvalue weighted by molar-refractivity contribution is 7.92. The summed E-state index contributed by atoms with van der Waals surface area (Å²) < 4.78 is 35.8. The minimum atomic E-state index is -3.75. The van der Waals surface area contributed by atoms with Crippen LogP contribution in [0.3, 0.4) is 0 Å². The van der Waals surface area contributed by atoms with Crippen molar-refractivity contribution in [1.29, 1.82) is 0 Å². The third-order valence-electron chi connectivity index (χ3n) is 3.60. The van der Waals surface area contributed by atoms with Gasteiger partial charge in [-0.2, -0.15) is 0 Å². The number of carbonyl (C=O) groups excluding carboxylic acids is 1. The molecule has 1 amide bonds. The first-order valence-electron chi connectivity index (χ1n) is 8.17. The van der Waals surface area contributed by atoms with Crippen LogP contribution in [0.2, 0.25) is 10.0 Å². The molecule has 0 radical (unpaired) electrons. The molecule has 0 spiro atoms. The normalized spacial score (nSPS) is 11.0. The molecule has 0 aromatic heterocycles. The number of nitrogens with one attached hydrogen (secondary N) is 1. The number of nitrogens with zero attached hydrogens (tertiary/aromatic N) is 1. The van der Waals surface area contributed by atoms with Crippen LogP contribution in [0, 0.1) is 0 Å². The number of hydrogen-bond donors (Lipinski definition) is 1. The summed E-state index contributed by atoms with van der Waals surface area (Å²) >= 11 is 12.0. The maximum absolute atomic E-state index is 12.2. The molecule has 0 aliphatic carbocycles. The average molecular weight is 447 g/mol. The van der Waals surface area contributed by atoms with E-state index in [0.717, 1.165) is 10.6 Å². The number of anilines is 1. The highest BCUT2D eigenvalue weighted by Gasteiger charge is 2.23. The van der Waals surface area contributed by atoms with Crippen LogP contribution in [-0.2, 0) is 14.8 Å². The van der Waals surface area contributed by atoms with E-state index in [1.807, 2.05) is 0 Å². The molecule has 0 saturated carbocycles. The van der Waals surface area contributed by atoms with E-state index in [1.165, 1.54) is 18.2 Å². The van der Waals surface area contributed by atoms with E-state index >= 15 is 0 Å². The van der Waals surface area contributed by atoms with Gasteiger partial charge in [-0.3, -0.25) is 9.10 Å². The lowest BCUT2D eigenvalue weighted by Gasteiger charge is -2.23. The first kappa shape index (κ1) is 22.1. The van der Waals surface area contributed by atoms with E-state index < -0.39 is 22.5 Å². The summed E-state index contributed by atoms with van der Waals surface area (Å²) in [5.74, 6) is 0.747. The van der Waals surface area contributed by atoms with Crippen LogP contribution in [0.5, 0.6) is 11.5 Å². The van der Waals surface area contributed by atoms with Crippen molar-refractivity contribution in [2.75, 3.05) is 37.4 Å². The van der Waals surface area contributed by atoms with Gasteiger partial charge in [-0.1, -0.05) is 29.3 Å². The second-order valence-electron chi connectivity index (χ2n) is 5.74. The zero-order valence-corrected chi connectivity index (χ0v) is 17.6. The molecule has 0 aliphatic rings. The topological polar surface area (TPSA) is 84.9 Å². The smallest absolute Gasteiger partial charge is 0.240 e. The molecule has 2 aromatic carbocycles. The molecular formula is C18H20Cl2N2O5S. The van der Waals surface area contributed by atoms with Crippen LogP contribution < -0.4 is 19.1 Å². The number of halogens is 2. The number of rotatable bonds is 9. The van der Waals surface area contributed by atoms with Gasteiger partial charge in [-0.15, -0.1) is 0 Å². The highest BCUT2D eigenvalue weighted by atomic mass is 35.5. The second-order valence-corrected chi connectivity index (χ2v) is 8.49. The van der Waals surface area contributed by atoms with Gasteiger partial charge in [0.1, 0.15) is 24.7 Å². The van der Waals surface area contributed by atoms with E-state index in [4.69, 9.17) is 32.7 Å². The van der Waals surface area contributed by atoms with E-state index in [1.54, 1.807) is 31.4 Å². The maximum Gasteiger partial charge on any atom is 0.240 e. The van der Waals surface area contributed by atoms with Crippen molar-refractivity contribution in [2.45, 2.75) is 0 Å². The highest BCUT2D eigenvalue weighted by Crippen LogP contribution is 2.30. The van der Waals surface area contributed by atoms with Crippen molar-refractivity contribution in [3.8, 4) is 11.5 Å². The molecule has 2 aromatic rings. The molecule has 7 nitrogen and oxygen atoms in total. The molecule has 0 bridgehead atoms. The quantitative estimate of drug-likeness (QED) is 0.598. The van der Waals surface area contributed by atoms with Crippen LogP contribution in [0.1, 0.15) is 0 Å². The third kappa shape index (κ3) is 6.47. The van der Waals surface area contributed by atoms with Crippen LogP contribution >= 0.6 is 23.2 Å². The molecule has 2 rings (SSSR count). The first-order chi connectivity index (χ1) is 13.2. The number of sulfonamides is 1. The van der Waals surface area contributed by atoms with Crippen molar-refractivity contribution in [2.24, 2.45) is 0 Å². The van der Waals surface area contributed by atoms with Gasteiger partial charge in [0.15, 0.2) is 0 Å². The molecule has 1 N–H and O–H groups in total. The van der Waals surface area contributed by atoms with Crippen molar-refractivity contribution in [3.63, 3.8) is 0 Å². The van der Waals surface area contributed by atoms with Crippen LogP contribution in [0.15, 0.2) is 42.5 Å². The van der Waals surface area contributed by atoms with Gasteiger partial charge < -0.3 is 14.8 Å². The van der Waals surface area contributed by atoms with Gasteiger partial charge in [0.2, 0.25) is 15.9 Å². The van der Waals surface area contributed by atoms with Crippen molar-refractivity contribution in [3.05, 3.63) is 52.5 Å². The number of methoxy groups -OCH3 is 1. The largest absolute Gasteiger partial charge is 0.497 e. The molecular weight excluding hydrogens is 427 g/mol. The third-order valence-corrected chi connectivity index (χ3v) is 5.28. The Labute approximate surface area is 174 Å². The molecule has 152 valence electrons. The fourth-order valence-corrected chi connectivity index (χ4v) is 3.59. The lowest BCUT2D eigenvalue weighted by molar-refractivity contribution is -0.119. The Morgan fingerprint density at radius 1 is 1.14 bits per heavy atom. The summed E-state index contributed by atoms with van der Waals surface area (Å²) in [4.78, 5) is 12.2. The fraction of sp³-hybridized carbons (Fsp3) is 0.278. The second kappa shape index (κ2) is 9.86. The SMILES string of the molecule is COc1cccc(OCCNC(=O)CN(c2cc(Cl)ccc2Cl)S(C)(=O)=O)c1. The Kier molecular flexibility index (Phi) is 7.79. The number of amides is 1. The molecule has 0 fully saturated rings. The monoisotopic (exact) mass is 446 g/mol. The minimum absolute atomic E-state index is 0.138. The average Bonchev–Trinajstić information content (AvgIpc) is 2.64. The predicted molar refractivity (Wildman–Crippen MR) is 110 cm³/mol. The number of ether oxygens (including phenoxy) is 2. The predicted octanol–water partition coefficient (Wildman–Crippen LogP) is 2.96. The molecule has 10 heteroatoms. The summed E-state index contributed by atoms with van der Waals surface area (Å²) in [5, 5.41) is 3.09. The lowest BCUT2D eigenvalue weighted by atomic mass is 10.3. The van der Waals surface area contributed by atoms with E-state index in [-0.39, 0.29) is 23.9 Å². The fourth-order valence-electron chi connectivity index (χ4n) is 2.29. The molecule has 0 saturated heterocycles. The Bertz CT molecular complexity index is 937. The summed E-state index contributed by atoms with van der Waals surface area (Å²) in [6.45, 7) is -0.0370. The molecule has 0 aliphatic heterocycles. The summed E-state index contributed by atoms with van der Waals surface area (Å²) in [6, 6.07) is 11.4. The van der Waals surface area contributed by atoms with Crippen LogP contribution in [-0.4, -0.2) is 47.4 Å². The van der Waals surface area contributed by atoms with Crippen molar-refractivity contribution < 1.29 is 22.7 Å². The Balaban J connectivity index is 1.94. The Morgan fingerprint density at radius 3 is 2.54 bits per heavy atom. The standard InChI is InChI=1S/C18H20Cl2N2O5S/c1-26-14-4-3-5-15(11-14)27-9-8-21-18(23)12-22(28(2,24)25)17-10-13(19)6-7-16(17)20/h3-7,10-11H,8-9,12H2,1-2H3,(H,21,23). The first-order valence-corrected chi connectivity index (χ1v) is 10.8. The van der Waals surface area contributed by atoms with E-state index in [2.05, 4.69) is 5.32 Å². The zero-order valence-electron chi connectivity index (χ0n) is 15.3. The van der Waals surface area contributed by atoms with Gasteiger partial charge in [-0.25, -0.2) is 8.42 Å². The van der Waals surface area contributed by atoms with Gasteiger partial charge in [0, 0.05) is 11.1 Å². The van der Waals surface area contributed by atoms with Crippen LogP contribution in [0.25, 0.3) is 0 Å². The number of benzene rings is 2. The minimum Gasteiger partial charge on any atom is -0.497 e. The lowest BCUT2D eigenvalue weighted by Crippen LogP contribution is -2.41.